The molecule has 4 heteroatoms. The molecule has 1 unspecified atom stereocenters. The summed E-state index contributed by atoms with van der Waals surface area (Å²) in [5, 5.41) is 3.20. The molecular formula is C10H24N4. The minimum Gasteiger partial charge on any atom is -0.353 e. The molecule has 84 valence electrons. The number of hydrogen-bond acceptors (Lipinski definition) is 2. The second-order valence-electron chi connectivity index (χ2n) is 4.09. The van der Waals surface area contributed by atoms with Gasteiger partial charge in [-0.25, -0.2) is 5.84 Å². The first-order valence-electron chi connectivity index (χ1n) is 5.30. The molecule has 0 aliphatic carbocycles. The molecule has 0 spiro atoms. The first-order valence-corrected chi connectivity index (χ1v) is 5.30. The number of guanidine groups is 1. The minimum atomic E-state index is 0.420. The molecule has 0 bridgehead atoms. The molecule has 0 rings (SSSR count). The second kappa shape index (κ2) is 7.62. The van der Waals surface area contributed by atoms with E-state index in [2.05, 4.69) is 36.5 Å². The normalized spacial score (nSPS) is 14.3. The molecule has 0 heterocycles. The van der Waals surface area contributed by atoms with Crippen molar-refractivity contribution >= 4 is 5.96 Å². The van der Waals surface area contributed by atoms with E-state index in [4.69, 9.17) is 5.84 Å². The van der Waals surface area contributed by atoms with Crippen molar-refractivity contribution < 1.29 is 0 Å². The third-order valence-electron chi connectivity index (χ3n) is 2.16. The van der Waals surface area contributed by atoms with Gasteiger partial charge in [-0.1, -0.05) is 26.7 Å². The van der Waals surface area contributed by atoms with E-state index >= 15 is 0 Å². The Morgan fingerprint density at radius 3 is 2.36 bits per heavy atom. The number of nitrogens with zero attached hydrogens (tertiary/aromatic N) is 1. The van der Waals surface area contributed by atoms with Crippen molar-refractivity contribution in [2.45, 2.75) is 46.1 Å². The van der Waals surface area contributed by atoms with E-state index in [9.17, 15) is 0 Å². The smallest absolute Gasteiger partial charge is 0.205 e. The molecule has 0 aromatic rings. The summed E-state index contributed by atoms with van der Waals surface area (Å²) < 4.78 is 0. The van der Waals surface area contributed by atoms with E-state index in [1.54, 1.807) is 7.05 Å². The fourth-order valence-electron chi connectivity index (χ4n) is 1.31. The van der Waals surface area contributed by atoms with Crippen LogP contribution in [0.3, 0.4) is 0 Å². The van der Waals surface area contributed by atoms with Crippen molar-refractivity contribution in [3.63, 3.8) is 0 Å². The van der Waals surface area contributed by atoms with Gasteiger partial charge in [0.25, 0.3) is 0 Å². The fourth-order valence-corrected chi connectivity index (χ4v) is 1.31. The highest BCUT2D eigenvalue weighted by atomic mass is 15.3. The van der Waals surface area contributed by atoms with Crippen LogP contribution in [0.2, 0.25) is 0 Å². The van der Waals surface area contributed by atoms with Crippen LogP contribution < -0.4 is 16.6 Å². The van der Waals surface area contributed by atoms with Gasteiger partial charge in [0.2, 0.25) is 5.96 Å². The van der Waals surface area contributed by atoms with Gasteiger partial charge in [-0.15, -0.1) is 0 Å². The molecule has 0 aromatic carbocycles. The number of nitrogens with one attached hydrogen (secondary N) is 2. The number of hydrogen-bond donors (Lipinski definition) is 3. The van der Waals surface area contributed by atoms with Crippen LogP contribution in [0.15, 0.2) is 4.99 Å². The minimum absolute atomic E-state index is 0.420. The summed E-state index contributed by atoms with van der Waals surface area (Å²) in [6, 6.07) is 0.420. The van der Waals surface area contributed by atoms with Crippen molar-refractivity contribution in [3.05, 3.63) is 0 Å². The maximum absolute atomic E-state index is 5.27. The van der Waals surface area contributed by atoms with Crippen molar-refractivity contribution in [1.82, 2.24) is 10.7 Å². The highest BCUT2D eigenvalue weighted by Crippen LogP contribution is 2.07. The Morgan fingerprint density at radius 1 is 1.29 bits per heavy atom. The molecule has 0 saturated heterocycles. The summed E-state index contributed by atoms with van der Waals surface area (Å²) in [7, 11) is 1.71. The summed E-state index contributed by atoms with van der Waals surface area (Å²) in [4.78, 5) is 3.96. The van der Waals surface area contributed by atoms with Gasteiger partial charge in [-0.2, -0.15) is 0 Å². The molecule has 4 nitrogen and oxygen atoms in total. The van der Waals surface area contributed by atoms with Crippen LogP contribution in [-0.2, 0) is 0 Å². The highest BCUT2D eigenvalue weighted by molar-refractivity contribution is 5.79. The Kier molecular flexibility index (Phi) is 7.20. The lowest BCUT2D eigenvalue weighted by atomic mass is 10.0. The molecule has 0 aliphatic rings. The Balaban J connectivity index is 3.59. The van der Waals surface area contributed by atoms with Gasteiger partial charge in [0.05, 0.1) is 0 Å². The maximum atomic E-state index is 5.27. The Bertz CT molecular complexity index is 166. The van der Waals surface area contributed by atoms with Crippen molar-refractivity contribution in [2.24, 2.45) is 16.8 Å². The molecule has 1 atom stereocenters. The number of hydrazine groups is 1. The van der Waals surface area contributed by atoms with E-state index in [1.165, 1.54) is 12.8 Å². The van der Waals surface area contributed by atoms with Gasteiger partial charge in [0.15, 0.2) is 0 Å². The predicted molar refractivity (Wildman–Crippen MR) is 62.0 cm³/mol. The zero-order chi connectivity index (χ0) is 11.0. The topological polar surface area (TPSA) is 62.4 Å². The zero-order valence-electron chi connectivity index (χ0n) is 9.80. The third-order valence-corrected chi connectivity index (χ3v) is 2.16. The lowest BCUT2D eigenvalue weighted by Crippen LogP contribution is -2.45. The number of rotatable bonds is 5. The van der Waals surface area contributed by atoms with E-state index < -0.39 is 0 Å². The number of aliphatic imine (C=N–C) groups is 1. The first kappa shape index (κ1) is 13.2. The van der Waals surface area contributed by atoms with Crippen LogP contribution in [0, 0.1) is 5.92 Å². The molecule has 0 saturated carbocycles. The molecule has 0 aliphatic heterocycles. The van der Waals surface area contributed by atoms with Crippen LogP contribution in [-0.4, -0.2) is 19.0 Å². The van der Waals surface area contributed by atoms with E-state index in [0.29, 0.717) is 12.0 Å². The second-order valence-corrected chi connectivity index (χ2v) is 4.09. The third kappa shape index (κ3) is 6.71. The van der Waals surface area contributed by atoms with Crippen molar-refractivity contribution in [1.29, 1.82) is 0 Å². The molecule has 0 fully saturated rings. The van der Waals surface area contributed by atoms with Gasteiger partial charge in [-0.05, 0) is 19.3 Å². The van der Waals surface area contributed by atoms with Crippen LogP contribution in [0.5, 0.6) is 0 Å². The van der Waals surface area contributed by atoms with Crippen LogP contribution in [0.25, 0.3) is 0 Å². The first-order chi connectivity index (χ1) is 6.60. The molecule has 4 N–H and O–H groups in total. The van der Waals surface area contributed by atoms with Crippen molar-refractivity contribution in [2.75, 3.05) is 7.05 Å². The van der Waals surface area contributed by atoms with Crippen LogP contribution in [0.1, 0.15) is 40.0 Å². The maximum Gasteiger partial charge on any atom is 0.205 e. The van der Waals surface area contributed by atoms with E-state index in [-0.39, 0.29) is 0 Å². The fraction of sp³-hybridized carbons (Fsp3) is 0.900. The number of nitrogens with two attached hydrogens (primary N) is 1. The van der Waals surface area contributed by atoms with E-state index in [1.807, 2.05) is 0 Å². The lowest BCUT2D eigenvalue weighted by Gasteiger charge is -2.16. The molecular weight excluding hydrogens is 176 g/mol. The SMILES string of the molecule is CN=C(NN)NC(C)CCCC(C)C. The average Bonchev–Trinajstić information content (AvgIpc) is 2.13. The largest absolute Gasteiger partial charge is 0.353 e. The zero-order valence-corrected chi connectivity index (χ0v) is 9.80. The Hall–Kier alpha value is -0.770. The molecule has 14 heavy (non-hydrogen) atoms. The predicted octanol–water partition coefficient (Wildman–Crippen LogP) is 1.24. The summed E-state index contributed by atoms with van der Waals surface area (Å²) in [6.07, 6.45) is 3.67. The average molecular weight is 200 g/mol. The molecule has 0 radical (unpaired) electrons. The monoisotopic (exact) mass is 200 g/mol. The molecule has 0 amide bonds. The highest BCUT2D eigenvalue weighted by Gasteiger charge is 2.04. The lowest BCUT2D eigenvalue weighted by molar-refractivity contribution is 0.491. The summed E-state index contributed by atoms with van der Waals surface area (Å²) in [5.74, 6) is 6.71. The van der Waals surface area contributed by atoms with Crippen LogP contribution >= 0.6 is 0 Å². The van der Waals surface area contributed by atoms with Gasteiger partial charge in [0, 0.05) is 13.1 Å². The molecule has 0 aromatic heterocycles. The Morgan fingerprint density at radius 2 is 1.93 bits per heavy atom. The van der Waals surface area contributed by atoms with Gasteiger partial charge in [0.1, 0.15) is 0 Å². The van der Waals surface area contributed by atoms with E-state index in [0.717, 1.165) is 12.3 Å². The summed E-state index contributed by atoms with van der Waals surface area (Å²) in [6.45, 7) is 6.64. The van der Waals surface area contributed by atoms with Gasteiger partial charge < -0.3 is 5.32 Å². The summed E-state index contributed by atoms with van der Waals surface area (Å²) >= 11 is 0. The Labute approximate surface area is 87.3 Å². The standard InChI is InChI=1S/C10H24N4/c1-8(2)6-5-7-9(3)13-10(12-4)14-11/h8-9H,5-7,11H2,1-4H3,(H2,12,13,14). The van der Waals surface area contributed by atoms with Crippen molar-refractivity contribution in [3.8, 4) is 0 Å². The van der Waals surface area contributed by atoms with Gasteiger partial charge in [-0.3, -0.25) is 10.4 Å². The summed E-state index contributed by atoms with van der Waals surface area (Å²) in [5.41, 5.74) is 2.52. The van der Waals surface area contributed by atoms with Crippen LogP contribution in [0.4, 0.5) is 0 Å². The van der Waals surface area contributed by atoms with Gasteiger partial charge >= 0.3 is 0 Å². The quantitative estimate of drug-likeness (QED) is 0.271.